The lowest BCUT2D eigenvalue weighted by atomic mass is 10.0. The van der Waals surface area contributed by atoms with Crippen LogP contribution in [-0.4, -0.2) is 48.0 Å². The van der Waals surface area contributed by atoms with Crippen LogP contribution in [0, 0.1) is 0 Å². The number of nitrogens with one attached hydrogen (secondary N) is 1. The number of carboxylic acid groups (broad SMARTS) is 1. The van der Waals surface area contributed by atoms with Gasteiger partial charge in [-0.3, -0.25) is 9.59 Å². The molecule has 1 fully saturated rings. The van der Waals surface area contributed by atoms with Gasteiger partial charge >= 0.3 is 5.97 Å². The molecule has 2 atom stereocenters. The number of carbonyl (C=O) groups excluding carboxylic acids is 1. The number of anilines is 1. The summed E-state index contributed by atoms with van der Waals surface area (Å²) in [6.07, 6.45) is 2.53. The number of benzene rings is 1. The van der Waals surface area contributed by atoms with Gasteiger partial charge in [0.1, 0.15) is 6.04 Å². The first-order valence-electron chi connectivity index (χ1n) is 8.89. The van der Waals surface area contributed by atoms with Crippen molar-refractivity contribution in [2.24, 2.45) is 0 Å². The van der Waals surface area contributed by atoms with Gasteiger partial charge in [-0.05, 0) is 43.9 Å². The molecule has 2 N–H and O–H groups in total. The highest BCUT2D eigenvalue weighted by Gasteiger charge is 2.38. The van der Waals surface area contributed by atoms with Crippen LogP contribution in [0.4, 0.5) is 5.69 Å². The molecule has 1 amide bonds. The van der Waals surface area contributed by atoms with E-state index < -0.39 is 28.0 Å². The van der Waals surface area contributed by atoms with Crippen molar-refractivity contribution in [3.63, 3.8) is 0 Å². The molecule has 0 saturated carbocycles. The van der Waals surface area contributed by atoms with Gasteiger partial charge in [-0.15, -0.1) is 0 Å². The van der Waals surface area contributed by atoms with Crippen LogP contribution in [0.3, 0.4) is 0 Å². The summed E-state index contributed by atoms with van der Waals surface area (Å²) in [5.74, 6) is -1.83. The summed E-state index contributed by atoms with van der Waals surface area (Å²) in [7, 11) is -3.43. The molecule has 8 heteroatoms. The number of unbranched alkanes of at least 4 members (excludes halogenated alkanes) is 1. The highest BCUT2D eigenvalue weighted by molar-refractivity contribution is 7.89. The van der Waals surface area contributed by atoms with Crippen molar-refractivity contribution in [2.45, 2.75) is 51.5 Å². The van der Waals surface area contributed by atoms with Gasteiger partial charge in [-0.25, -0.2) is 8.42 Å². The van der Waals surface area contributed by atoms with Crippen LogP contribution in [0.15, 0.2) is 24.3 Å². The molecule has 2 unspecified atom stereocenters. The fraction of sp³-hybridized carbons (Fsp3) is 0.556. The lowest BCUT2D eigenvalue weighted by Crippen LogP contribution is -2.44. The maximum Gasteiger partial charge on any atom is 0.310 e. The molecular formula is C18H26N2O5S. The SMILES string of the molecule is CCCCS(=O)(=O)N1CCCC1C(=O)Nc1ccc(C(C)C(=O)O)cc1. The lowest BCUT2D eigenvalue weighted by Gasteiger charge is -2.23. The summed E-state index contributed by atoms with van der Waals surface area (Å²) in [6, 6.07) is 5.89. The molecule has 1 aromatic carbocycles. The Morgan fingerprint density at radius 1 is 1.31 bits per heavy atom. The molecule has 1 saturated heterocycles. The summed E-state index contributed by atoms with van der Waals surface area (Å²) in [6.45, 7) is 3.89. The fourth-order valence-electron chi connectivity index (χ4n) is 3.00. The fourth-order valence-corrected chi connectivity index (χ4v) is 4.89. The van der Waals surface area contributed by atoms with Gasteiger partial charge in [-0.2, -0.15) is 4.31 Å². The van der Waals surface area contributed by atoms with E-state index in [4.69, 9.17) is 5.11 Å². The van der Waals surface area contributed by atoms with Crippen LogP contribution in [0.2, 0.25) is 0 Å². The zero-order valence-electron chi connectivity index (χ0n) is 15.1. The van der Waals surface area contributed by atoms with E-state index in [-0.39, 0.29) is 11.7 Å². The van der Waals surface area contributed by atoms with E-state index in [1.807, 2.05) is 6.92 Å². The number of sulfonamides is 1. The van der Waals surface area contributed by atoms with Crippen molar-refractivity contribution in [3.8, 4) is 0 Å². The number of hydrogen-bond acceptors (Lipinski definition) is 4. The zero-order chi connectivity index (χ0) is 19.3. The van der Waals surface area contributed by atoms with Crippen LogP contribution in [0.5, 0.6) is 0 Å². The Morgan fingerprint density at radius 2 is 1.96 bits per heavy atom. The van der Waals surface area contributed by atoms with Gasteiger partial charge in [0, 0.05) is 12.2 Å². The molecule has 144 valence electrons. The summed E-state index contributed by atoms with van der Waals surface area (Å²) >= 11 is 0. The van der Waals surface area contributed by atoms with Crippen LogP contribution >= 0.6 is 0 Å². The second kappa shape index (κ2) is 8.64. The lowest BCUT2D eigenvalue weighted by molar-refractivity contribution is -0.138. The number of carboxylic acids is 1. The van der Waals surface area contributed by atoms with Crippen molar-refractivity contribution in [2.75, 3.05) is 17.6 Å². The average Bonchev–Trinajstić information content (AvgIpc) is 3.11. The number of aliphatic carboxylic acids is 1. The predicted molar refractivity (Wildman–Crippen MR) is 99.5 cm³/mol. The third kappa shape index (κ3) is 4.82. The molecule has 26 heavy (non-hydrogen) atoms. The second-order valence-corrected chi connectivity index (χ2v) is 8.65. The number of hydrogen-bond donors (Lipinski definition) is 2. The van der Waals surface area contributed by atoms with Crippen LogP contribution in [-0.2, 0) is 19.6 Å². The Kier molecular flexibility index (Phi) is 6.77. The molecule has 0 aromatic heterocycles. The van der Waals surface area contributed by atoms with Gasteiger partial charge in [0.05, 0.1) is 11.7 Å². The van der Waals surface area contributed by atoms with Gasteiger partial charge in [0.2, 0.25) is 15.9 Å². The van der Waals surface area contributed by atoms with Crippen LogP contribution in [0.1, 0.15) is 51.0 Å². The van der Waals surface area contributed by atoms with E-state index in [0.717, 1.165) is 6.42 Å². The van der Waals surface area contributed by atoms with Crippen molar-refractivity contribution < 1.29 is 23.1 Å². The van der Waals surface area contributed by atoms with Gasteiger partial charge in [0.15, 0.2) is 0 Å². The molecule has 0 radical (unpaired) electrons. The Hall–Kier alpha value is -1.93. The molecular weight excluding hydrogens is 356 g/mol. The third-order valence-corrected chi connectivity index (χ3v) is 6.62. The summed E-state index contributed by atoms with van der Waals surface area (Å²) in [5, 5.41) is 11.8. The Labute approximate surface area is 154 Å². The Balaban J connectivity index is 2.05. The highest BCUT2D eigenvalue weighted by Crippen LogP contribution is 2.24. The standard InChI is InChI=1S/C18H26N2O5S/c1-3-4-12-26(24,25)20-11-5-6-16(20)17(21)19-15-9-7-14(8-10-15)13(2)18(22)23/h7-10,13,16H,3-6,11-12H2,1-2H3,(H,19,21)(H,22,23). The van der Waals surface area contributed by atoms with Crippen LogP contribution in [0.25, 0.3) is 0 Å². The van der Waals surface area contributed by atoms with E-state index in [2.05, 4.69) is 5.32 Å². The molecule has 1 aliphatic rings. The first-order valence-corrected chi connectivity index (χ1v) is 10.5. The first kappa shape index (κ1) is 20.4. The Bertz CT molecular complexity index is 745. The van der Waals surface area contributed by atoms with Gasteiger partial charge in [0.25, 0.3) is 0 Å². The van der Waals surface area contributed by atoms with Gasteiger partial charge in [-0.1, -0.05) is 25.5 Å². The zero-order valence-corrected chi connectivity index (χ0v) is 16.0. The van der Waals surface area contributed by atoms with Crippen molar-refractivity contribution in [1.29, 1.82) is 0 Å². The number of carbonyl (C=O) groups is 2. The summed E-state index contributed by atoms with van der Waals surface area (Å²) in [4.78, 5) is 23.6. The number of amides is 1. The molecule has 1 heterocycles. The minimum atomic E-state index is -3.43. The van der Waals surface area contributed by atoms with E-state index in [0.29, 0.717) is 37.1 Å². The molecule has 0 spiro atoms. The van der Waals surface area contributed by atoms with Crippen molar-refractivity contribution >= 4 is 27.6 Å². The van der Waals surface area contributed by atoms with E-state index in [9.17, 15) is 18.0 Å². The molecule has 2 rings (SSSR count). The quantitative estimate of drug-likeness (QED) is 0.718. The molecule has 1 aromatic rings. The average molecular weight is 382 g/mol. The van der Waals surface area contributed by atoms with Crippen LogP contribution < -0.4 is 5.32 Å². The van der Waals surface area contributed by atoms with Crippen molar-refractivity contribution in [3.05, 3.63) is 29.8 Å². The molecule has 0 aliphatic carbocycles. The topological polar surface area (TPSA) is 104 Å². The van der Waals surface area contributed by atoms with Crippen molar-refractivity contribution in [1.82, 2.24) is 4.31 Å². The normalized spacial score (nSPS) is 19.2. The minimum absolute atomic E-state index is 0.0645. The smallest absolute Gasteiger partial charge is 0.310 e. The first-order chi connectivity index (χ1) is 12.3. The minimum Gasteiger partial charge on any atom is -0.481 e. The molecule has 7 nitrogen and oxygen atoms in total. The Morgan fingerprint density at radius 3 is 2.54 bits per heavy atom. The predicted octanol–water partition coefficient (Wildman–Crippen LogP) is 2.41. The monoisotopic (exact) mass is 382 g/mol. The highest BCUT2D eigenvalue weighted by atomic mass is 32.2. The van der Waals surface area contributed by atoms with E-state index in [1.165, 1.54) is 4.31 Å². The third-order valence-electron chi connectivity index (χ3n) is 4.67. The maximum atomic E-state index is 12.6. The van der Waals surface area contributed by atoms with Gasteiger partial charge < -0.3 is 10.4 Å². The maximum absolute atomic E-state index is 12.6. The van der Waals surface area contributed by atoms with E-state index in [1.54, 1.807) is 31.2 Å². The summed E-state index contributed by atoms with van der Waals surface area (Å²) < 4.78 is 26.2. The number of rotatable bonds is 8. The molecule has 1 aliphatic heterocycles. The summed E-state index contributed by atoms with van der Waals surface area (Å²) in [5.41, 5.74) is 1.16. The largest absolute Gasteiger partial charge is 0.481 e. The van der Waals surface area contributed by atoms with E-state index >= 15 is 0 Å². The number of nitrogens with zero attached hydrogens (tertiary/aromatic N) is 1. The second-order valence-electron chi connectivity index (χ2n) is 6.61. The molecule has 0 bridgehead atoms.